The van der Waals surface area contributed by atoms with E-state index in [1.807, 2.05) is 6.08 Å². The van der Waals surface area contributed by atoms with Crippen LogP contribution in [-0.4, -0.2) is 5.33 Å². The van der Waals surface area contributed by atoms with Gasteiger partial charge in [0.2, 0.25) is 0 Å². The van der Waals surface area contributed by atoms with E-state index in [1.165, 1.54) is 38.5 Å². The number of halogens is 1. The third-order valence-electron chi connectivity index (χ3n) is 1.95. The first kappa shape index (κ1) is 13.0. The molecule has 0 unspecified atom stereocenters. The minimum Gasteiger partial charge on any atom is -0.103 e. The van der Waals surface area contributed by atoms with Crippen molar-refractivity contribution in [3.8, 4) is 0 Å². The molecule has 0 bridgehead atoms. The smallest absolute Gasteiger partial charge is 0.00313 e. The standard InChI is InChI=1S/C12H21Br/c1-2-3-4-5-6-7-8-9-10-11-12-13/h2,6-7H,1,3-5,8-12H2/b7-6-. The van der Waals surface area contributed by atoms with Crippen molar-refractivity contribution in [2.75, 3.05) is 5.33 Å². The summed E-state index contributed by atoms with van der Waals surface area (Å²) in [5.74, 6) is 0. The molecule has 0 aromatic heterocycles. The van der Waals surface area contributed by atoms with Gasteiger partial charge in [0.15, 0.2) is 0 Å². The van der Waals surface area contributed by atoms with Gasteiger partial charge in [-0.25, -0.2) is 0 Å². The molecule has 0 aliphatic carbocycles. The topological polar surface area (TPSA) is 0 Å². The molecule has 0 saturated heterocycles. The average molecular weight is 245 g/mol. The lowest BCUT2D eigenvalue weighted by Gasteiger charge is -1.93. The van der Waals surface area contributed by atoms with E-state index >= 15 is 0 Å². The zero-order chi connectivity index (χ0) is 9.78. The van der Waals surface area contributed by atoms with E-state index in [1.54, 1.807) is 0 Å². The molecule has 0 atom stereocenters. The van der Waals surface area contributed by atoms with Crippen molar-refractivity contribution in [1.82, 2.24) is 0 Å². The van der Waals surface area contributed by atoms with E-state index < -0.39 is 0 Å². The molecule has 0 aromatic carbocycles. The fourth-order valence-corrected chi connectivity index (χ4v) is 1.55. The Labute approximate surface area is 91.2 Å². The average Bonchev–Trinajstić information content (AvgIpc) is 2.16. The normalized spacial score (nSPS) is 10.8. The molecule has 0 nitrogen and oxygen atoms in total. The van der Waals surface area contributed by atoms with Gasteiger partial charge in [-0.1, -0.05) is 40.6 Å². The highest BCUT2D eigenvalue weighted by Gasteiger charge is 1.84. The van der Waals surface area contributed by atoms with Crippen LogP contribution >= 0.6 is 15.9 Å². The monoisotopic (exact) mass is 244 g/mol. The van der Waals surface area contributed by atoms with E-state index in [9.17, 15) is 0 Å². The van der Waals surface area contributed by atoms with Gasteiger partial charge in [-0.05, 0) is 38.5 Å². The van der Waals surface area contributed by atoms with Crippen molar-refractivity contribution in [2.24, 2.45) is 0 Å². The Hall–Kier alpha value is -0.0400. The molecule has 0 fully saturated rings. The maximum atomic E-state index is 3.70. The zero-order valence-electron chi connectivity index (χ0n) is 8.47. The lowest BCUT2D eigenvalue weighted by Crippen LogP contribution is -1.76. The van der Waals surface area contributed by atoms with E-state index in [0.717, 1.165) is 11.8 Å². The molecular weight excluding hydrogens is 224 g/mol. The lowest BCUT2D eigenvalue weighted by molar-refractivity contribution is 0.734. The van der Waals surface area contributed by atoms with Crippen LogP contribution in [0, 0.1) is 0 Å². The van der Waals surface area contributed by atoms with Gasteiger partial charge >= 0.3 is 0 Å². The Morgan fingerprint density at radius 2 is 1.54 bits per heavy atom. The van der Waals surface area contributed by atoms with Crippen LogP contribution in [0.25, 0.3) is 0 Å². The Morgan fingerprint density at radius 3 is 2.15 bits per heavy atom. The quantitative estimate of drug-likeness (QED) is 0.309. The van der Waals surface area contributed by atoms with Crippen molar-refractivity contribution in [1.29, 1.82) is 0 Å². The van der Waals surface area contributed by atoms with Crippen LogP contribution in [0.4, 0.5) is 0 Å². The zero-order valence-corrected chi connectivity index (χ0v) is 10.1. The molecule has 13 heavy (non-hydrogen) atoms. The molecule has 76 valence electrons. The van der Waals surface area contributed by atoms with Crippen LogP contribution in [0.5, 0.6) is 0 Å². The van der Waals surface area contributed by atoms with Crippen LogP contribution in [0.3, 0.4) is 0 Å². The summed E-state index contributed by atoms with van der Waals surface area (Å²) in [6.07, 6.45) is 15.5. The van der Waals surface area contributed by atoms with Gasteiger partial charge < -0.3 is 0 Å². The van der Waals surface area contributed by atoms with Crippen molar-refractivity contribution < 1.29 is 0 Å². The molecule has 0 heterocycles. The fraction of sp³-hybridized carbons (Fsp3) is 0.667. The summed E-state index contributed by atoms with van der Waals surface area (Å²) in [6.45, 7) is 3.70. The molecule has 0 saturated carbocycles. The maximum absolute atomic E-state index is 3.70. The second-order valence-corrected chi connectivity index (χ2v) is 4.02. The van der Waals surface area contributed by atoms with E-state index in [4.69, 9.17) is 0 Å². The van der Waals surface area contributed by atoms with Crippen LogP contribution < -0.4 is 0 Å². The van der Waals surface area contributed by atoms with Gasteiger partial charge in [-0.15, -0.1) is 6.58 Å². The van der Waals surface area contributed by atoms with Crippen LogP contribution in [-0.2, 0) is 0 Å². The highest BCUT2D eigenvalue weighted by atomic mass is 79.9. The number of rotatable bonds is 9. The fourth-order valence-electron chi connectivity index (χ4n) is 1.15. The van der Waals surface area contributed by atoms with Gasteiger partial charge in [0.05, 0.1) is 0 Å². The molecule has 0 radical (unpaired) electrons. The van der Waals surface area contributed by atoms with Crippen LogP contribution in [0.15, 0.2) is 24.8 Å². The number of alkyl halides is 1. The van der Waals surface area contributed by atoms with Crippen molar-refractivity contribution in [3.05, 3.63) is 24.8 Å². The Morgan fingerprint density at radius 1 is 0.846 bits per heavy atom. The van der Waals surface area contributed by atoms with Crippen molar-refractivity contribution in [3.63, 3.8) is 0 Å². The van der Waals surface area contributed by atoms with E-state index in [0.29, 0.717) is 0 Å². The predicted molar refractivity (Wildman–Crippen MR) is 65.5 cm³/mol. The first-order chi connectivity index (χ1) is 6.41. The molecule has 0 rings (SSSR count). The molecule has 0 N–H and O–H groups in total. The highest BCUT2D eigenvalue weighted by Crippen LogP contribution is 2.04. The first-order valence-electron chi connectivity index (χ1n) is 5.23. The summed E-state index contributed by atoms with van der Waals surface area (Å²) in [5, 5.41) is 1.15. The van der Waals surface area contributed by atoms with Crippen LogP contribution in [0.2, 0.25) is 0 Å². The summed E-state index contributed by atoms with van der Waals surface area (Å²) in [5.41, 5.74) is 0. The minimum absolute atomic E-state index is 1.15. The molecule has 0 amide bonds. The van der Waals surface area contributed by atoms with Gasteiger partial charge in [-0.3, -0.25) is 0 Å². The lowest BCUT2D eigenvalue weighted by atomic mass is 10.1. The number of hydrogen-bond acceptors (Lipinski definition) is 0. The van der Waals surface area contributed by atoms with Gasteiger partial charge in [0, 0.05) is 5.33 Å². The Balaban J connectivity index is 2.98. The number of unbranched alkanes of at least 4 members (excludes halogenated alkanes) is 5. The number of hydrogen-bond donors (Lipinski definition) is 0. The highest BCUT2D eigenvalue weighted by molar-refractivity contribution is 9.09. The molecular formula is C12H21Br. The van der Waals surface area contributed by atoms with E-state index in [2.05, 4.69) is 34.7 Å². The Kier molecular flexibility index (Phi) is 11.9. The third-order valence-corrected chi connectivity index (χ3v) is 2.51. The predicted octanol–water partition coefficient (Wildman–Crippen LogP) is 4.85. The van der Waals surface area contributed by atoms with Crippen molar-refractivity contribution in [2.45, 2.75) is 44.9 Å². The number of allylic oxidation sites excluding steroid dienone is 3. The molecule has 0 aliphatic heterocycles. The van der Waals surface area contributed by atoms with Crippen LogP contribution in [0.1, 0.15) is 44.9 Å². The second kappa shape index (κ2) is 12.0. The molecule has 0 aromatic rings. The molecule has 0 aliphatic rings. The third kappa shape index (κ3) is 12.0. The second-order valence-electron chi connectivity index (χ2n) is 3.23. The summed E-state index contributed by atoms with van der Waals surface area (Å²) < 4.78 is 0. The maximum Gasteiger partial charge on any atom is 0.00313 e. The minimum atomic E-state index is 1.15. The largest absolute Gasteiger partial charge is 0.103 e. The SMILES string of the molecule is C=CCCC/C=C\CCCCCBr. The summed E-state index contributed by atoms with van der Waals surface area (Å²) >= 11 is 3.43. The summed E-state index contributed by atoms with van der Waals surface area (Å²) in [7, 11) is 0. The van der Waals surface area contributed by atoms with Gasteiger partial charge in [0.1, 0.15) is 0 Å². The molecule has 0 spiro atoms. The van der Waals surface area contributed by atoms with Gasteiger partial charge in [0.25, 0.3) is 0 Å². The van der Waals surface area contributed by atoms with Crippen molar-refractivity contribution >= 4 is 15.9 Å². The molecule has 1 heteroatoms. The first-order valence-corrected chi connectivity index (χ1v) is 6.36. The van der Waals surface area contributed by atoms with Gasteiger partial charge in [-0.2, -0.15) is 0 Å². The Bertz CT molecular complexity index is 127. The van der Waals surface area contributed by atoms with E-state index in [-0.39, 0.29) is 0 Å². The summed E-state index contributed by atoms with van der Waals surface area (Å²) in [6, 6.07) is 0. The summed E-state index contributed by atoms with van der Waals surface area (Å²) in [4.78, 5) is 0.